The van der Waals surface area contributed by atoms with Gasteiger partial charge >= 0.3 is 0 Å². The number of aliphatic imine (C=N–C) groups is 1. The number of aromatic nitrogens is 1. The molecular weight excluding hydrogens is 438 g/mol. The van der Waals surface area contributed by atoms with Gasteiger partial charge in [-0.25, -0.2) is 4.98 Å². The molecule has 2 aromatic carbocycles. The fourth-order valence-corrected chi connectivity index (χ4v) is 4.66. The maximum Gasteiger partial charge on any atom is 0.105 e. The van der Waals surface area contributed by atoms with Gasteiger partial charge in [-0.3, -0.25) is 4.99 Å². The zero-order valence-electron chi connectivity index (χ0n) is 23.9. The summed E-state index contributed by atoms with van der Waals surface area (Å²) in [6.45, 7) is 22.1. The van der Waals surface area contributed by atoms with Crippen LogP contribution in [-0.2, 0) is 0 Å². The lowest BCUT2D eigenvalue weighted by Gasteiger charge is -2.24. The van der Waals surface area contributed by atoms with E-state index in [1.165, 1.54) is 27.9 Å². The summed E-state index contributed by atoms with van der Waals surface area (Å²) in [5.74, 6) is 1.68. The number of pyridine rings is 1. The molecular formula is C33H44N3. The molecule has 0 fully saturated rings. The fraction of sp³-hybridized carbons (Fsp3) is 0.424. The zero-order chi connectivity index (χ0) is 26.6. The molecule has 0 atom stereocenters. The first-order valence-corrected chi connectivity index (χ1v) is 13.4. The van der Waals surface area contributed by atoms with Crippen LogP contribution in [0.2, 0.25) is 0 Å². The highest BCUT2D eigenvalue weighted by molar-refractivity contribution is 5.99. The van der Waals surface area contributed by atoms with Crippen LogP contribution in [0, 0.1) is 6.04 Å². The summed E-state index contributed by atoms with van der Waals surface area (Å²) in [7, 11) is 0. The number of benzene rings is 2. The molecule has 0 spiro atoms. The monoisotopic (exact) mass is 482 g/mol. The molecule has 0 saturated heterocycles. The molecule has 0 aliphatic carbocycles. The predicted octanol–water partition coefficient (Wildman–Crippen LogP) is 9.73. The number of hydrogen-bond donors (Lipinski definition) is 1. The van der Waals surface area contributed by atoms with E-state index >= 15 is 0 Å². The first-order valence-electron chi connectivity index (χ1n) is 13.4. The molecule has 1 radical (unpaired) electrons. The lowest BCUT2D eigenvalue weighted by molar-refractivity contribution is 0.833. The van der Waals surface area contributed by atoms with E-state index < -0.39 is 0 Å². The fourth-order valence-electron chi connectivity index (χ4n) is 4.66. The molecule has 0 amide bonds. The third-order valence-electron chi connectivity index (χ3n) is 6.81. The molecule has 3 nitrogen and oxygen atoms in total. The highest BCUT2D eigenvalue weighted by Crippen LogP contribution is 2.36. The topological polar surface area (TPSA) is 37.3 Å². The Labute approximate surface area is 219 Å². The Morgan fingerprint density at radius 2 is 1.03 bits per heavy atom. The average molecular weight is 483 g/mol. The highest BCUT2D eigenvalue weighted by Gasteiger charge is 2.18. The van der Waals surface area contributed by atoms with Crippen LogP contribution in [0.25, 0.3) is 0 Å². The van der Waals surface area contributed by atoms with Crippen LogP contribution in [0.5, 0.6) is 0 Å². The van der Waals surface area contributed by atoms with Gasteiger partial charge in [-0.15, -0.1) is 0 Å². The molecule has 0 unspecified atom stereocenters. The van der Waals surface area contributed by atoms with Gasteiger partial charge in [0.15, 0.2) is 0 Å². The Morgan fingerprint density at radius 3 is 1.50 bits per heavy atom. The molecule has 0 saturated carbocycles. The number of nitrogens with one attached hydrogen (secondary N) is 1. The van der Waals surface area contributed by atoms with E-state index in [1.54, 1.807) is 0 Å². The third-order valence-corrected chi connectivity index (χ3v) is 6.81. The molecule has 0 aliphatic heterocycles. The van der Waals surface area contributed by atoms with Gasteiger partial charge in [0.05, 0.1) is 22.8 Å². The molecule has 3 heteroatoms. The van der Waals surface area contributed by atoms with Gasteiger partial charge in [-0.2, -0.15) is 0 Å². The lowest BCUT2D eigenvalue weighted by atomic mass is 9.92. The quantitative estimate of drug-likeness (QED) is 0.308. The van der Waals surface area contributed by atoms with Crippen molar-refractivity contribution >= 4 is 17.1 Å². The summed E-state index contributed by atoms with van der Waals surface area (Å²) >= 11 is 0. The van der Waals surface area contributed by atoms with Gasteiger partial charge in [0.25, 0.3) is 0 Å². The van der Waals surface area contributed by atoms with Crippen molar-refractivity contribution < 1.29 is 0 Å². The van der Waals surface area contributed by atoms with Gasteiger partial charge in [-0.1, -0.05) is 97.9 Å². The van der Waals surface area contributed by atoms with Crippen LogP contribution < -0.4 is 5.32 Å². The van der Waals surface area contributed by atoms with Gasteiger partial charge < -0.3 is 5.32 Å². The summed E-state index contributed by atoms with van der Waals surface area (Å²) in [4.78, 5) is 10.2. The number of para-hydroxylation sites is 2. The summed E-state index contributed by atoms with van der Waals surface area (Å²) in [6, 6.07) is 20.4. The molecule has 3 aromatic rings. The van der Waals surface area contributed by atoms with Gasteiger partial charge in [0, 0.05) is 5.69 Å². The number of hydrogen-bond acceptors (Lipinski definition) is 3. The van der Waals surface area contributed by atoms with Crippen LogP contribution in [0.4, 0.5) is 11.4 Å². The minimum Gasteiger partial charge on any atom is -0.371 e. The van der Waals surface area contributed by atoms with E-state index in [0.29, 0.717) is 23.7 Å². The van der Waals surface area contributed by atoms with Crippen molar-refractivity contribution in [3.63, 3.8) is 0 Å². The Balaban J connectivity index is 1.99. The summed E-state index contributed by atoms with van der Waals surface area (Å²) in [6.07, 6.45) is 0. The van der Waals surface area contributed by atoms with Gasteiger partial charge in [0.2, 0.25) is 0 Å². The summed E-state index contributed by atoms with van der Waals surface area (Å²) in [5.41, 5.74) is 10.3. The average Bonchev–Trinajstić information content (AvgIpc) is 2.83. The van der Waals surface area contributed by atoms with Crippen LogP contribution in [-0.4, -0.2) is 10.7 Å². The SMILES string of the molecule is C[C](Nc1c(C(C)C)cccc1C(C)C)c1cccc(C(C)=Nc2c(C(C)C)cccc2C(C)C)n1. The number of rotatable bonds is 9. The van der Waals surface area contributed by atoms with Crippen LogP contribution in [0.15, 0.2) is 59.6 Å². The van der Waals surface area contributed by atoms with Crippen molar-refractivity contribution in [1.82, 2.24) is 4.98 Å². The second-order valence-electron chi connectivity index (χ2n) is 11.1. The van der Waals surface area contributed by atoms with Crippen molar-refractivity contribution in [2.75, 3.05) is 5.32 Å². The Morgan fingerprint density at radius 1 is 0.611 bits per heavy atom. The third kappa shape index (κ3) is 6.24. The summed E-state index contributed by atoms with van der Waals surface area (Å²) in [5, 5.41) is 3.74. The smallest absolute Gasteiger partial charge is 0.105 e. The standard InChI is InChI=1S/C33H44N3/c1-20(2)26-14-11-15-27(21(3)4)32(26)34-24(9)30-18-13-19-31(36-30)25(10)35-33-28(22(5)6)16-12-17-29(33)23(7)8/h11-23,34H,1-10H3. The molecule has 1 aromatic heterocycles. The molecule has 0 aliphatic rings. The Hall–Kier alpha value is -2.94. The van der Waals surface area contributed by atoms with Crippen LogP contribution in [0.3, 0.4) is 0 Å². The minimum atomic E-state index is 0.408. The molecule has 0 bridgehead atoms. The van der Waals surface area contributed by atoms with E-state index in [2.05, 4.69) is 129 Å². The van der Waals surface area contributed by atoms with E-state index in [0.717, 1.165) is 28.8 Å². The maximum atomic E-state index is 5.16. The largest absolute Gasteiger partial charge is 0.371 e. The van der Waals surface area contributed by atoms with Crippen molar-refractivity contribution in [2.45, 2.75) is 92.9 Å². The second-order valence-corrected chi connectivity index (χ2v) is 11.1. The van der Waals surface area contributed by atoms with Crippen molar-refractivity contribution in [2.24, 2.45) is 4.99 Å². The lowest BCUT2D eigenvalue weighted by Crippen LogP contribution is -2.15. The minimum absolute atomic E-state index is 0.408. The number of nitrogens with zero attached hydrogens (tertiary/aromatic N) is 2. The van der Waals surface area contributed by atoms with E-state index in [4.69, 9.17) is 9.98 Å². The van der Waals surface area contributed by atoms with E-state index in [-0.39, 0.29) is 0 Å². The van der Waals surface area contributed by atoms with Crippen molar-refractivity contribution in [1.29, 1.82) is 0 Å². The normalized spacial score (nSPS) is 12.5. The van der Waals surface area contributed by atoms with Gasteiger partial charge in [-0.05, 0) is 71.9 Å². The Bertz CT molecular complexity index is 1150. The first kappa shape index (κ1) is 27.6. The summed E-state index contributed by atoms with van der Waals surface area (Å²) < 4.78 is 0. The van der Waals surface area contributed by atoms with Crippen LogP contribution >= 0.6 is 0 Å². The van der Waals surface area contributed by atoms with Gasteiger partial charge in [0.1, 0.15) is 6.04 Å². The maximum absolute atomic E-state index is 5.16. The number of anilines is 1. The highest BCUT2D eigenvalue weighted by atomic mass is 15.0. The van der Waals surface area contributed by atoms with E-state index in [9.17, 15) is 0 Å². The van der Waals surface area contributed by atoms with E-state index in [1.807, 2.05) is 0 Å². The van der Waals surface area contributed by atoms with Crippen molar-refractivity contribution in [3.05, 3.63) is 94.3 Å². The molecule has 36 heavy (non-hydrogen) atoms. The second kappa shape index (κ2) is 11.9. The molecule has 1 heterocycles. The van der Waals surface area contributed by atoms with Crippen LogP contribution in [0.1, 0.15) is 127 Å². The first-order chi connectivity index (χ1) is 17.0. The Kier molecular flexibility index (Phi) is 9.11. The molecule has 3 rings (SSSR count). The molecule has 191 valence electrons. The zero-order valence-corrected chi connectivity index (χ0v) is 23.9. The van der Waals surface area contributed by atoms with Crippen molar-refractivity contribution in [3.8, 4) is 0 Å². The molecule has 1 N–H and O–H groups in total. The predicted molar refractivity (Wildman–Crippen MR) is 157 cm³/mol.